The first kappa shape index (κ1) is 25.4. The minimum atomic E-state index is -0.742. The fourth-order valence-electron chi connectivity index (χ4n) is 3.50. The zero-order chi connectivity index (χ0) is 23.7. The summed E-state index contributed by atoms with van der Waals surface area (Å²) in [5.41, 5.74) is 0.338. The summed E-state index contributed by atoms with van der Waals surface area (Å²) in [6.45, 7) is 8.68. The van der Waals surface area contributed by atoms with Gasteiger partial charge in [-0.1, -0.05) is 62.2 Å². The van der Waals surface area contributed by atoms with Gasteiger partial charge >= 0.3 is 11.9 Å². The number of amides is 1. The van der Waals surface area contributed by atoms with Gasteiger partial charge in [-0.3, -0.25) is 9.59 Å². The van der Waals surface area contributed by atoms with E-state index < -0.39 is 29.5 Å². The Balaban J connectivity index is 2.24. The Morgan fingerprint density at radius 1 is 1.03 bits per heavy atom. The molecule has 6 nitrogen and oxygen atoms in total. The van der Waals surface area contributed by atoms with Crippen molar-refractivity contribution < 1.29 is 23.9 Å². The molecule has 0 heterocycles. The van der Waals surface area contributed by atoms with E-state index in [0.29, 0.717) is 12.8 Å². The van der Waals surface area contributed by atoms with Crippen molar-refractivity contribution in [2.45, 2.75) is 71.9 Å². The quantitative estimate of drug-likeness (QED) is 0.546. The van der Waals surface area contributed by atoms with Gasteiger partial charge in [0.25, 0.3) is 0 Å². The number of unbranched alkanes of at least 4 members (excludes halogenated alkanes) is 1. The third kappa shape index (κ3) is 7.98. The summed E-state index contributed by atoms with van der Waals surface area (Å²) < 4.78 is 10.7. The van der Waals surface area contributed by atoms with Crippen molar-refractivity contribution in [2.75, 3.05) is 6.61 Å². The molecule has 0 saturated carbocycles. The highest BCUT2D eigenvalue weighted by molar-refractivity contribution is 5.88. The largest absolute Gasteiger partial charge is 0.465 e. The van der Waals surface area contributed by atoms with E-state index in [1.807, 2.05) is 49.4 Å². The highest BCUT2D eigenvalue weighted by Gasteiger charge is 2.29. The van der Waals surface area contributed by atoms with Crippen LogP contribution in [0.15, 0.2) is 42.5 Å². The number of fused-ring (bicyclic) bond motifs is 1. The van der Waals surface area contributed by atoms with Crippen molar-refractivity contribution in [1.29, 1.82) is 0 Å². The van der Waals surface area contributed by atoms with Gasteiger partial charge in [-0.2, -0.15) is 0 Å². The van der Waals surface area contributed by atoms with Crippen LogP contribution in [-0.4, -0.2) is 36.1 Å². The van der Waals surface area contributed by atoms with E-state index in [4.69, 9.17) is 9.47 Å². The van der Waals surface area contributed by atoms with Crippen LogP contribution in [0, 0.1) is 5.92 Å². The molecule has 0 aliphatic rings. The topological polar surface area (TPSA) is 81.7 Å². The lowest BCUT2D eigenvalue weighted by Gasteiger charge is -2.26. The molecule has 32 heavy (non-hydrogen) atoms. The van der Waals surface area contributed by atoms with Crippen molar-refractivity contribution in [2.24, 2.45) is 5.92 Å². The van der Waals surface area contributed by atoms with E-state index in [1.54, 1.807) is 20.8 Å². The lowest BCUT2D eigenvalue weighted by Crippen LogP contribution is -2.47. The number of benzene rings is 2. The molecule has 2 aromatic rings. The normalized spacial score (nSPS) is 13.3. The van der Waals surface area contributed by atoms with Crippen LogP contribution >= 0.6 is 0 Å². The number of nitrogens with one attached hydrogen (secondary N) is 1. The SMILES string of the molecule is CCCC[C@H](NC(=O)[C@@H](COC(C)=O)Cc1cccc2ccccc12)C(=O)OC(C)(C)C. The molecule has 0 radical (unpaired) electrons. The number of rotatable bonds is 10. The van der Waals surface area contributed by atoms with Gasteiger partial charge in [0.05, 0.1) is 5.92 Å². The van der Waals surface area contributed by atoms with Gasteiger partial charge in [-0.05, 0) is 49.9 Å². The van der Waals surface area contributed by atoms with Crippen LogP contribution in [0.5, 0.6) is 0 Å². The second kappa shape index (κ2) is 11.7. The molecular formula is C26H35NO5. The van der Waals surface area contributed by atoms with Crippen LogP contribution in [0.2, 0.25) is 0 Å². The zero-order valence-corrected chi connectivity index (χ0v) is 19.8. The van der Waals surface area contributed by atoms with Crippen LogP contribution in [0.4, 0.5) is 0 Å². The first-order chi connectivity index (χ1) is 15.1. The van der Waals surface area contributed by atoms with Gasteiger partial charge in [0.15, 0.2) is 0 Å². The van der Waals surface area contributed by atoms with Crippen molar-refractivity contribution in [3.63, 3.8) is 0 Å². The van der Waals surface area contributed by atoms with Gasteiger partial charge in [-0.25, -0.2) is 4.79 Å². The van der Waals surface area contributed by atoms with Crippen LogP contribution in [-0.2, 0) is 30.3 Å². The van der Waals surface area contributed by atoms with Crippen LogP contribution < -0.4 is 5.32 Å². The molecule has 174 valence electrons. The summed E-state index contributed by atoms with van der Waals surface area (Å²) >= 11 is 0. The van der Waals surface area contributed by atoms with Crippen molar-refractivity contribution in [3.8, 4) is 0 Å². The molecule has 0 spiro atoms. The number of ether oxygens (including phenoxy) is 2. The van der Waals surface area contributed by atoms with Crippen LogP contribution in [0.1, 0.15) is 59.4 Å². The van der Waals surface area contributed by atoms with Gasteiger partial charge < -0.3 is 14.8 Å². The Bertz CT molecular complexity index is 926. The van der Waals surface area contributed by atoms with Crippen molar-refractivity contribution in [3.05, 3.63) is 48.0 Å². The third-order valence-corrected chi connectivity index (χ3v) is 5.06. The molecule has 2 rings (SSSR count). The molecule has 0 aliphatic heterocycles. The number of hydrogen-bond acceptors (Lipinski definition) is 5. The molecule has 0 aliphatic carbocycles. The average molecular weight is 442 g/mol. The van der Waals surface area contributed by atoms with Crippen LogP contribution in [0.3, 0.4) is 0 Å². The second-order valence-corrected chi connectivity index (χ2v) is 9.08. The Labute approximate surface area is 190 Å². The fraction of sp³-hybridized carbons (Fsp3) is 0.500. The summed E-state index contributed by atoms with van der Waals surface area (Å²) in [5, 5.41) is 4.98. The maximum Gasteiger partial charge on any atom is 0.329 e. The highest BCUT2D eigenvalue weighted by Crippen LogP contribution is 2.22. The molecule has 0 bridgehead atoms. The summed E-state index contributed by atoms with van der Waals surface area (Å²) in [5.74, 6) is -1.85. The van der Waals surface area contributed by atoms with Gasteiger partial charge in [0.1, 0.15) is 18.2 Å². The predicted octanol–water partition coefficient (Wildman–Crippen LogP) is 4.58. The third-order valence-electron chi connectivity index (χ3n) is 5.06. The number of carbonyl (C=O) groups is 3. The molecular weight excluding hydrogens is 406 g/mol. The standard InChI is InChI=1S/C26H35NO5/c1-6-7-15-23(25(30)32-26(3,4)5)27-24(29)21(17-31-18(2)28)16-20-13-10-12-19-11-8-9-14-22(19)20/h8-14,21,23H,6-7,15-17H2,1-5H3,(H,27,29)/t21-,23+/m1/s1. The van der Waals surface area contributed by atoms with Gasteiger partial charge in [-0.15, -0.1) is 0 Å². The maximum absolute atomic E-state index is 13.2. The molecule has 0 fully saturated rings. The first-order valence-electron chi connectivity index (χ1n) is 11.2. The Morgan fingerprint density at radius 2 is 1.72 bits per heavy atom. The Kier molecular flexibility index (Phi) is 9.24. The molecule has 1 amide bonds. The van der Waals surface area contributed by atoms with E-state index in [1.165, 1.54) is 6.92 Å². The van der Waals surface area contributed by atoms with E-state index in [0.717, 1.165) is 29.2 Å². The lowest BCUT2D eigenvalue weighted by atomic mass is 9.94. The number of esters is 2. The predicted molar refractivity (Wildman–Crippen MR) is 125 cm³/mol. The molecule has 0 unspecified atom stereocenters. The van der Waals surface area contributed by atoms with Gasteiger partial charge in [0, 0.05) is 6.92 Å². The zero-order valence-electron chi connectivity index (χ0n) is 19.8. The van der Waals surface area contributed by atoms with E-state index in [2.05, 4.69) is 5.32 Å². The summed E-state index contributed by atoms with van der Waals surface area (Å²) in [6.07, 6.45) is 2.55. The molecule has 0 aromatic heterocycles. The Hall–Kier alpha value is -2.89. The van der Waals surface area contributed by atoms with E-state index >= 15 is 0 Å². The van der Waals surface area contributed by atoms with Crippen molar-refractivity contribution in [1.82, 2.24) is 5.32 Å². The van der Waals surface area contributed by atoms with Crippen LogP contribution in [0.25, 0.3) is 10.8 Å². The lowest BCUT2D eigenvalue weighted by molar-refractivity contribution is -0.159. The minimum Gasteiger partial charge on any atom is -0.465 e. The molecule has 1 N–H and O–H groups in total. The molecule has 2 aromatic carbocycles. The van der Waals surface area contributed by atoms with E-state index in [-0.39, 0.29) is 12.5 Å². The smallest absolute Gasteiger partial charge is 0.329 e. The minimum absolute atomic E-state index is 0.0563. The first-order valence-corrected chi connectivity index (χ1v) is 11.2. The second-order valence-electron chi connectivity index (χ2n) is 9.08. The monoisotopic (exact) mass is 441 g/mol. The maximum atomic E-state index is 13.2. The average Bonchev–Trinajstić information content (AvgIpc) is 2.72. The highest BCUT2D eigenvalue weighted by atomic mass is 16.6. The number of hydrogen-bond donors (Lipinski definition) is 1. The number of carbonyl (C=O) groups excluding carboxylic acids is 3. The molecule has 6 heteroatoms. The summed E-state index contributed by atoms with van der Waals surface area (Å²) in [7, 11) is 0. The molecule has 0 saturated heterocycles. The molecule has 2 atom stereocenters. The summed E-state index contributed by atoms with van der Waals surface area (Å²) in [6, 6.07) is 13.1. The van der Waals surface area contributed by atoms with Gasteiger partial charge in [0.2, 0.25) is 5.91 Å². The van der Waals surface area contributed by atoms with Crippen molar-refractivity contribution >= 4 is 28.6 Å². The fourth-order valence-corrected chi connectivity index (χ4v) is 3.50. The summed E-state index contributed by atoms with van der Waals surface area (Å²) in [4.78, 5) is 37.4. The Morgan fingerprint density at radius 3 is 2.38 bits per heavy atom. The van der Waals surface area contributed by atoms with E-state index in [9.17, 15) is 14.4 Å².